The van der Waals surface area contributed by atoms with Crippen molar-refractivity contribution in [2.75, 3.05) is 13.2 Å². The fourth-order valence-corrected chi connectivity index (χ4v) is 3.82. The Morgan fingerprint density at radius 1 is 1.08 bits per heavy atom. The number of carbonyl (C=O) groups is 1. The molecule has 26 heavy (non-hydrogen) atoms. The second-order valence-electron chi connectivity index (χ2n) is 7.83. The third-order valence-corrected chi connectivity index (χ3v) is 5.43. The second kappa shape index (κ2) is 7.93. The van der Waals surface area contributed by atoms with Crippen LogP contribution < -0.4 is 4.74 Å². The summed E-state index contributed by atoms with van der Waals surface area (Å²) in [5, 5.41) is 0. The lowest BCUT2D eigenvalue weighted by Crippen LogP contribution is -2.46. The first-order valence-corrected chi connectivity index (χ1v) is 9.94. The van der Waals surface area contributed by atoms with Crippen molar-refractivity contribution < 1.29 is 9.53 Å². The van der Waals surface area contributed by atoms with Crippen LogP contribution in [0, 0.1) is 0 Å². The summed E-state index contributed by atoms with van der Waals surface area (Å²) in [6.45, 7) is 8.60. The summed E-state index contributed by atoms with van der Waals surface area (Å²) in [5.74, 6) is 0.844. The second-order valence-corrected chi connectivity index (χ2v) is 8.75. The first-order chi connectivity index (χ1) is 12.3. The molecule has 1 fully saturated rings. The monoisotopic (exact) mass is 415 g/mol. The summed E-state index contributed by atoms with van der Waals surface area (Å²) in [6.07, 6.45) is 2.41. The predicted molar refractivity (Wildman–Crippen MR) is 109 cm³/mol. The average Bonchev–Trinajstić information content (AvgIpc) is 3.09. The molecule has 3 nitrogen and oxygen atoms in total. The van der Waals surface area contributed by atoms with Crippen LogP contribution in [0.2, 0.25) is 0 Å². The van der Waals surface area contributed by atoms with Crippen LogP contribution >= 0.6 is 15.9 Å². The van der Waals surface area contributed by atoms with E-state index in [2.05, 4.69) is 41.6 Å². The van der Waals surface area contributed by atoms with Crippen molar-refractivity contribution in [1.29, 1.82) is 0 Å². The third kappa shape index (κ3) is 4.54. The van der Waals surface area contributed by atoms with E-state index in [-0.39, 0.29) is 11.3 Å². The highest BCUT2D eigenvalue weighted by atomic mass is 79.9. The van der Waals surface area contributed by atoms with Crippen molar-refractivity contribution in [3.8, 4) is 5.75 Å². The summed E-state index contributed by atoms with van der Waals surface area (Å²) in [5.41, 5.74) is 1.54. The molecule has 0 radical (unpaired) electrons. The zero-order valence-electron chi connectivity index (χ0n) is 15.7. The van der Waals surface area contributed by atoms with Crippen LogP contribution in [0.5, 0.6) is 5.75 Å². The molecule has 1 saturated heterocycles. The van der Waals surface area contributed by atoms with Gasteiger partial charge in [0.2, 0.25) is 0 Å². The fourth-order valence-electron chi connectivity index (χ4n) is 3.55. The Morgan fingerprint density at radius 2 is 1.65 bits per heavy atom. The number of benzene rings is 2. The highest BCUT2D eigenvalue weighted by Crippen LogP contribution is 2.27. The van der Waals surface area contributed by atoms with E-state index in [4.69, 9.17) is 4.74 Å². The lowest BCUT2D eigenvalue weighted by Gasteiger charge is -2.36. The minimum Gasteiger partial charge on any atom is -0.492 e. The van der Waals surface area contributed by atoms with E-state index < -0.39 is 0 Å². The molecule has 0 bridgehead atoms. The average molecular weight is 416 g/mol. The van der Waals surface area contributed by atoms with Crippen molar-refractivity contribution in [2.24, 2.45) is 0 Å². The smallest absolute Gasteiger partial charge is 0.193 e. The number of ether oxygens (including phenoxy) is 1. The predicted octanol–water partition coefficient (Wildman–Crippen LogP) is 5.32. The molecule has 1 atom stereocenters. The number of hydrogen-bond acceptors (Lipinski definition) is 3. The van der Waals surface area contributed by atoms with Crippen LogP contribution in [0.3, 0.4) is 0 Å². The quantitative estimate of drug-likeness (QED) is 0.618. The van der Waals surface area contributed by atoms with E-state index in [1.165, 1.54) is 12.8 Å². The minimum atomic E-state index is 0.0266. The van der Waals surface area contributed by atoms with Gasteiger partial charge in [-0.15, -0.1) is 0 Å². The van der Waals surface area contributed by atoms with Crippen LogP contribution in [-0.4, -0.2) is 35.4 Å². The van der Waals surface area contributed by atoms with Gasteiger partial charge in [-0.25, -0.2) is 0 Å². The molecular formula is C22H26BrNO2. The number of likely N-dealkylation sites (tertiary alicyclic amines) is 1. The Bertz CT molecular complexity index is 747. The van der Waals surface area contributed by atoms with Crippen LogP contribution in [-0.2, 0) is 0 Å². The summed E-state index contributed by atoms with van der Waals surface area (Å²) in [6, 6.07) is 15.4. The van der Waals surface area contributed by atoms with Crippen molar-refractivity contribution in [3.05, 3.63) is 64.1 Å². The standard InChI is InChI=1S/C22H26BrNO2/c1-22(2,3)24-14-4-5-19(24)15-26-20-12-8-17(9-13-20)21(25)16-6-10-18(23)11-7-16/h6-13,19H,4-5,14-15H2,1-3H3. The Kier molecular flexibility index (Phi) is 5.83. The molecule has 1 unspecified atom stereocenters. The van der Waals surface area contributed by atoms with Crippen LogP contribution in [0.15, 0.2) is 53.0 Å². The molecule has 0 spiro atoms. The lowest BCUT2D eigenvalue weighted by molar-refractivity contribution is 0.0877. The van der Waals surface area contributed by atoms with Crippen molar-refractivity contribution in [3.63, 3.8) is 0 Å². The maximum atomic E-state index is 12.5. The van der Waals surface area contributed by atoms with Gasteiger partial charge in [0.25, 0.3) is 0 Å². The van der Waals surface area contributed by atoms with E-state index in [0.29, 0.717) is 23.8 Å². The SMILES string of the molecule is CC(C)(C)N1CCCC1COc1ccc(C(=O)c2ccc(Br)cc2)cc1. The highest BCUT2D eigenvalue weighted by molar-refractivity contribution is 9.10. The molecule has 138 valence electrons. The zero-order valence-corrected chi connectivity index (χ0v) is 17.3. The van der Waals surface area contributed by atoms with Crippen LogP contribution in [0.25, 0.3) is 0 Å². The van der Waals surface area contributed by atoms with E-state index in [1.54, 1.807) is 0 Å². The van der Waals surface area contributed by atoms with Crippen molar-refractivity contribution >= 4 is 21.7 Å². The van der Waals surface area contributed by atoms with Gasteiger partial charge in [0.15, 0.2) is 5.78 Å². The number of nitrogens with zero attached hydrogens (tertiary/aromatic N) is 1. The molecule has 2 aromatic rings. The molecule has 1 aliphatic heterocycles. The van der Waals surface area contributed by atoms with Gasteiger partial charge in [-0.1, -0.05) is 15.9 Å². The van der Waals surface area contributed by atoms with Gasteiger partial charge in [0.05, 0.1) is 0 Å². The van der Waals surface area contributed by atoms with Crippen LogP contribution in [0.1, 0.15) is 49.5 Å². The molecule has 0 saturated carbocycles. The summed E-state index contributed by atoms with van der Waals surface area (Å²) >= 11 is 3.39. The number of ketones is 1. The molecule has 1 aliphatic rings. The summed E-state index contributed by atoms with van der Waals surface area (Å²) in [4.78, 5) is 15.1. The number of halogens is 1. The first-order valence-electron chi connectivity index (χ1n) is 9.14. The largest absolute Gasteiger partial charge is 0.492 e. The number of hydrogen-bond donors (Lipinski definition) is 0. The Morgan fingerprint density at radius 3 is 2.23 bits per heavy atom. The van der Waals surface area contributed by atoms with Gasteiger partial charge >= 0.3 is 0 Å². The Labute approximate surface area is 164 Å². The maximum Gasteiger partial charge on any atom is 0.193 e. The Hall–Kier alpha value is -1.65. The molecule has 0 N–H and O–H groups in total. The van der Waals surface area contributed by atoms with E-state index >= 15 is 0 Å². The normalized spacial score (nSPS) is 18.1. The third-order valence-electron chi connectivity index (χ3n) is 4.90. The van der Waals surface area contributed by atoms with E-state index in [0.717, 1.165) is 16.8 Å². The zero-order chi connectivity index (χ0) is 18.7. The maximum absolute atomic E-state index is 12.5. The van der Waals surface area contributed by atoms with Crippen molar-refractivity contribution in [2.45, 2.75) is 45.2 Å². The molecule has 0 amide bonds. The van der Waals surface area contributed by atoms with Gasteiger partial charge in [0.1, 0.15) is 12.4 Å². The molecule has 1 heterocycles. The first kappa shape index (κ1) is 19.1. The van der Waals surface area contributed by atoms with Crippen molar-refractivity contribution in [1.82, 2.24) is 4.90 Å². The van der Waals surface area contributed by atoms with Gasteiger partial charge in [-0.05, 0) is 88.7 Å². The molecule has 4 heteroatoms. The molecule has 3 rings (SSSR count). The van der Waals surface area contributed by atoms with Gasteiger partial charge in [0, 0.05) is 27.2 Å². The number of rotatable bonds is 5. The fraction of sp³-hybridized carbons (Fsp3) is 0.409. The molecule has 2 aromatic carbocycles. The lowest BCUT2D eigenvalue weighted by atomic mass is 10.0. The number of carbonyl (C=O) groups excluding carboxylic acids is 1. The summed E-state index contributed by atoms with van der Waals surface area (Å²) < 4.78 is 6.98. The van der Waals surface area contributed by atoms with Gasteiger partial charge < -0.3 is 4.74 Å². The van der Waals surface area contributed by atoms with Crippen LogP contribution in [0.4, 0.5) is 0 Å². The topological polar surface area (TPSA) is 29.5 Å². The molecule has 0 aromatic heterocycles. The van der Waals surface area contributed by atoms with Gasteiger partial charge in [-0.3, -0.25) is 9.69 Å². The molecule has 0 aliphatic carbocycles. The highest BCUT2D eigenvalue weighted by Gasteiger charge is 2.33. The minimum absolute atomic E-state index is 0.0266. The van der Waals surface area contributed by atoms with Gasteiger partial charge in [-0.2, -0.15) is 0 Å². The summed E-state index contributed by atoms with van der Waals surface area (Å²) in [7, 11) is 0. The molecular weight excluding hydrogens is 390 g/mol. The Balaban J connectivity index is 1.61. The van der Waals surface area contributed by atoms with E-state index in [1.807, 2.05) is 48.5 Å². The van der Waals surface area contributed by atoms with E-state index in [9.17, 15) is 4.79 Å².